The number of methoxy groups -OCH3 is 2. The molecule has 0 saturated heterocycles. The number of thioether (sulfide) groups is 1. The molecule has 29 heavy (non-hydrogen) atoms. The second-order valence-corrected chi connectivity index (χ2v) is 7.13. The summed E-state index contributed by atoms with van der Waals surface area (Å²) in [5.74, 6) is 0.417. The average molecular weight is 416 g/mol. The van der Waals surface area contributed by atoms with E-state index in [0.717, 1.165) is 0 Å². The first kappa shape index (κ1) is 21.9. The standard InChI is InChI=1S/C11H11NO4S.C9H9NO2/c1-11(10(15)16)5-17-9(12-11)7-3-2-6(13)4-8(7)14;1-11-8-4-3-7(6-10)9(5-8)12-2/h2-4,13-14H,5H2,1H3,(H,15,16);3-5H,1-2H3/t11-;/m1./s1. The maximum Gasteiger partial charge on any atom is 0.332 e. The van der Waals surface area contributed by atoms with E-state index in [2.05, 4.69) is 4.99 Å². The quantitative estimate of drug-likeness (QED) is 0.693. The Hall–Kier alpha value is -3.38. The lowest BCUT2D eigenvalue weighted by molar-refractivity contribution is -0.141. The molecule has 0 bridgehead atoms. The number of benzene rings is 2. The largest absolute Gasteiger partial charge is 0.508 e. The Morgan fingerprint density at radius 2 is 1.93 bits per heavy atom. The molecule has 8 nitrogen and oxygen atoms in total. The van der Waals surface area contributed by atoms with Crippen molar-refractivity contribution in [3.8, 4) is 29.1 Å². The number of hydrogen-bond acceptors (Lipinski definition) is 8. The smallest absolute Gasteiger partial charge is 0.332 e. The Morgan fingerprint density at radius 3 is 2.45 bits per heavy atom. The van der Waals surface area contributed by atoms with E-state index in [-0.39, 0.29) is 11.5 Å². The van der Waals surface area contributed by atoms with Crippen molar-refractivity contribution in [1.82, 2.24) is 0 Å². The highest BCUT2D eigenvalue weighted by Crippen LogP contribution is 2.35. The molecule has 0 aromatic heterocycles. The fourth-order valence-corrected chi connectivity index (χ4v) is 3.54. The minimum atomic E-state index is -1.15. The van der Waals surface area contributed by atoms with Crippen LogP contribution in [0.1, 0.15) is 18.1 Å². The van der Waals surface area contributed by atoms with E-state index in [1.165, 1.54) is 44.0 Å². The molecule has 1 atom stereocenters. The lowest BCUT2D eigenvalue weighted by Crippen LogP contribution is -2.33. The molecule has 2 aromatic rings. The van der Waals surface area contributed by atoms with Crippen molar-refractivity contribution < 1.29 is 29.6 Å². The van der Waals surface area contributed by atoms with Crippen molar-refractivity contribution in [3.63, 3.8) is 0 Å². The summed E-state index contributed by atoms with van der Waals surface area (Å²) in [6, 6.07) is 11.2. The van der Waals surface area contributed by atoms with Crippen molar-refractivity contribution in [2.75, 3.05) is 20.0 Å². The molecule has 152 valence electrons. The number of aliphatic imine (C=N–C) groups is 1. The van der Waals surface area contributed by atoms with Gasteiger partial charge in [0, 0.05) is 23.4 Å². The van der Waals surface area contributed by atoms with Gasteiger partial charge in [-0.2, -0.15) is 5.26 Å². The summed E-state index contributed by atoms with van der Waals surface area (Å²) in [5, 5.41) is 37.0. The lowest BCUT2D eigenvalue weighted by Gasteiger charge is -2.11. The fraction of sp³-hybridized carbons (Fsp3) is 0.250. The van der Waals surface area contributed by atoms with Crippen molar-refractivity contribution in [2.45, 2.75) is 12.5 Å². The van der Waals surface area contributed by atoms with E-state index in [1.54, 1.807) is 25.3 Å². The molecule has 1 aliphatic rings. The van der Waals surface area contributed by atoms with Gasteiger partial charge in [0.05, 0.1) is 19.8 Å². The number of rotatable bonds is 4. The van der Waals surface area contributed by atoms with Gasteiger partial charge in [0.25, 0.3) is 0 Å². The SMILES string of the molecule is COc1ccc(C#N)c(OC)c1.C[C@]1(C(=O)O)CSC(c2ccc(O)cc2O)=N1. The number of carboxylic acids is 1. The van der Waals surface area contributed by atoms with Gasteiger partial charge >= 0.3 is 5.97 Å². The lowest BCUT2D eigenvalue weighted by atomic mass is 10.1. The summed E-state index contributed by atoms with van der Waals surface area (Å²) in [4.78, 5) is 15.1. The molecule has 0 aliphatic carbocycles. The molecule has 1 aliphatic heterocycles. The van der Waals surface area contributed by atoms with Crippen LogP contribution in [-0.2, 0) is 4.79 Å². The molecule has 0 radical (unpaired) electrons. The minimum Gasteiger partial charge on any atom is -0.508 e. The molecular formula is C20H20N2O6S. The van der Waals surface area contributed by atoms with Gasteiger partial charge in [-0.1, -0.05) is 0 Å². The molecule has 3 rings (SSSR count). The summed E-state index contributed by atoms with van der Waals surface area (Å²) in [7, 11) is 3.09. The van der Waals surface area contributed by atoms with Crippen molar-refractivity contribution >= 4 is 22.8 Å². The van der Waals surface area contributed by atoms with Crippen LogP contribution in [0, 0.1) is 11.3 Å². The van der Waals surface area contributed by atoms with Crippen LogP contribution >= 0.6 is 11.8 Å². The number of nitriles is 1. The molecule has 0 unspecified atom stereocenters. The predicted molar refractivity (Wildman–Crippen MR) is 109 cm³/mol. The fourth-order valence-electron chi connectivity index (χ4n) is 2.34. The second kappa shape index (κ2) is 9.21. The molecule has 2 aromatic carbocycles. The van der Waals surface area contributed by atoms with Crippen LogP contribution in [0.4, 0.5) is 0 Å². The summed E-state index contributed by atoms with van der Waals surface area (Å²) >= 11 is 1.28. The minimum absolute atomic E-state index is 0.0455. The number of phenolic OH excluding ortho intramolecular Hbond substituents is 2. The van der Waals surface area contributed by atoms with Crippen molar-refractivity contribution in [1.29, 1.82) is 5.26 Å². The monoisotopic (exact) mass is 416 g/mol. The second-order valence-electron chi connectivity index (χ2n) is 6.16. The van der Waals surface area contributed by atoms with Gasteiger partial charge < -0.3 is 24.8 Å². The third kappa shape index (κ3) is 5.12. The predicted octanol–water partition coefficient (Wildman–Crippen LogP) is 3.01. The van der Waals surface area contributed by atoms with E-state index >= 15 is 0 Å². The van der Waals surface area contributed by atoms with E-state index < -0.39 is 11.5 Å². The highest BCUT2D eigenvalue weighted by Gasteiger charge is 2.38. The number of ether oxygens (including phenoxy) is 2. The summed E-state index contributed by atoms with van der Waals surface area (Å²) in [6.45, 7) is 1.53. The van der Waals surface area contributed by atoms with Crippen LogP contribution in [0.2, 0.25) is 0 Å². The molecule has 9 heteroatoms. The molecule has 1 heterocycles. The Labute approximate surface area is 172 Å². The Kier molecular flexibility index (Phi) is 6.96. The van der Waals surface area contributed by atoms with Crippen molar-refractivity contribution in [3.05, 3.63) is 47.5 Å². The zero-order valence-electron chi connectivity index (χ0n) is 16.0. The Balaban J connectivity index is 0.000000221. The number of nitrogens with zero attached hydrogens (tertiary/aromatic N) is 2. The van der Waals surface area contributed by atoms with Crippen LogP contribution in [0.5, 0.6) is 23.0 Å². The van der Waals surface area contributed by atoms with Gasteiger partial charge in [0.15, 0.2) is 5.54 Å². The maximum atomic E-state index is 11.0. The van der Waals surface area contributed by atoms with Crippen LogP contribution in [0.3, 0.4) is 0 Å². The molecule has 0 spiro atoms. The summed E-state index contributed by atoms with van der Waals surface area (Å²) in [5.41, 5.74) is -0.194. The molecule has 0 amide bonds. The number of carboxylic acid groups (broad SMARTS) is 1. The number of hydrogen-bond donors (Lipinski definition) is 3. The zero-order chi connectivity index (χ0) is 21.6. The van der Waals surface area contributed by atoms with Gasteiger partial charge in [0.1, 0.15) is 34.1 Å². The number of aromatic hydroxyl groups is 2. The Morgan fingerprint density at radius 1 is 1.21 bits per heavy atom. The molecule has 0 saturated carbocycles. The summed E-state index contributed by atoms with van der Waals surface area (Å²) in [6.07, 6.45) is 0. The topological polar surface area (TPSA) is 132 Å². The third-order valence-electron chi connectivity index (χ3n) is 4.04. The van der Waals surface area contributed by atoms with Crippen LogP contribution in [-0.4, -0.2) is 51.8 Å². The maximum absolute atomic E-state index is 11.0. The van der Waals surface area contributed by atoms with E-state index in [9.17, 15) is 15.0 Å². The van der Waals surface area contributed by atoms with Crippen LogP contribution in [0.25, 0.3) is 0 Å². The first-order chi connectivity index (χ1) is 13.7. The van der Waals surface area contributed by atoms with E-state index in [1.807, 2.05) is 6.07 Å². The van der Waals surface area contributed by atoms with E-state index in [4.69, 9.17) is 19.8 Å². The van der Waals surface area contributed by atoms with Crippen molar-refractivity contribution in [2.24, 2.45) is 4.99 Å². The Bertz CT molecular complexity index is 985. The zero-order valence-corrected chi connectivity index (χ0v) is 16.9. The van der Waals surface area contributed by atoms with Gasteiger partial charge in [-0.15, -0.1) is 11.8 Å². The average Bonchev–Trinajstić information content (AvgIpc) is 3.11. The first-order valence-electron chi connectivity index (χ1n) is 8.34. The molecule has 0 fully saturated rings. The molecule has 3 N–H and O–H groups in total. The number of aliphatic carboxylic acids is 1. The van der Waals surface area contributed by atoms with Gasteiger partial charge in [-0.25, -0.2) is 4.79 Å². The van der Waals surface area contributed by atoms with Crippen LogP contribution in [0.15, 0.2) is 41.4 Å². The number of phenols is 2. The highest BCUT2D eigenvalue weighted by atomic mass is 32.2. The van der Waals surface area contributed by atoms with Crippen LogP contribution < -0.4 is 9.47 Å². The van der Waals surface area contributed by atoms with Gasteiger partial charge in [0.2, 0.25) is 0 Å². The number of carbonyl (C=O) groups is 1. The molecular weight excluding hydrogens is 396 g/mol. The highest BCUT2D eigenvalue weighted by molar-refractivity contribution is 8.14. The first-order valence-corrected chi connectivity index (χ1v) is 9.33. The summed E-state index contributed by atoms with van der Waals surface area (Å²) < 4.78 is 9.94. The van der Waals surface area contributed by atoms with Gasteiger partial charge in [-0.05, 0) is 31.2 Å². The third-order valence-corrected chi connectivity index (χ3v) is 5.33. The van der Waals surface area contributed by atoms with E-state index in [0.29, 0.717) is 33.4 Å². The van der Waals surface area contributed by atoms with Gasteiger partial charge in [-0.3, -0.25) is 4.99 Å². The normalized spacial score (nSPS) is 17.4.